The Morgan fingerprint density at radius 3 is 2.42 bits per heavy atom. The fraction of sp³-hybridized carbons (Fsp3) is 0.565. The van der Waals surface area contributed by atoms with Crippen molar-refractivity contribution in [2.24, 2.45) is 0 Å². The van der Waals surface area contributed by atoms with Crippen LogP contribution in [0.15, 0.2) is 29.3 Å². The van der Waals surface area contributed by atoms with Gasteiger partial charge in [-0.05, 0) is 37.5 Å². The third-order valence-corrected chi connectivity index (χ3v) is 9.21. The number of rotatable bonds is 5. The molecule has 3 heterocycles. The number of piperidine rings is 1. The van der Waals surface area contributed by atoms with Crippen LogP contribution >= 0.6 is 11.3 Å². The maximum Gasteiger partial charge on any atom is 0.267 e. The topological polar surface area (TPSA) is 91.8 Å². The predicted octanol–water partition coefficient (Wildman–Crippen LogP) is 3.70. The van der Waals surface area contributed by atoms with Crippen LogP contribution in [0.1, 0.15) is 54.7 Å². The number of sulfonamides is 1. The zero-order valence-electron chi connectivity index (χ0n) is 19.5. The van der Waals surface area contributed by atoms with Crippen molar-refractivity contribution < 1.29 is 17.9 Å². The van der Waals surface area contributed by atoms with E-state index in [9.17, 15) is 13.2 Å². The standard InChI is InChI=1S/C23H32N4O4S2/c1-23(2,3)22-24-16-20(32-22)21(28)25-18-15-17(33(29,30)27-11-13-31-14-12-27)7-8-19(18)26-9-5-4-6-10-26/h7-8,15-16H,4-6,9-14H2,1-3H3,(H,25,28). The predicted molar refractivity (Wildman–Crippen MR) is 131 cm³/mol. The summed E-state index contributed by atoms with van der Waals surface area (Å²) < 4.78 is 33.2. The average Bonchev–Trinajstić information content (AvgIpc) is 3.31. The van der Waals surface area contributed by atoms with E-state index in [4.69, 9.17) is 4.74 Å². The van der Waals surface area contributed by atoms with Crippen LogP contribution in [-0.2, 0) is 20.2 Å². The zero-order valence-corrected chi connectivity index (χ0v) is 21.1. The van der Waals surface area contributed by atoms with E-state index in [0.717, 1.165) is 36.6 Å². The van der Waals surface area contributed by atoms with Crippen molar-refractivity contribution in [2.75, 3.05) is 49.6 Å². The van der Waals surface area contributed by atoms with Crippen molar-refractivity contribution in [3.05, 3.63) is 34.3 Å². The molecular formula is C23H32N4O4S2. The van der Waals surface area contributed by atoms with E-state index in [-0.39, 0.29) is 16.2 Å². The van der Waals surface area contributed by atoms with Crippen molar-refractivity contribution in [1.82, 2.24) is 9.29 Å². The Bertz CT molecular complexity index is 1100. The summed E-state index contributed by atoms with van der Waals surface area (Å²) in [4.78, 5) is 20.4. The quantitative estimate of drug-likeness (QED) is 0.684. The molecule has 1 amide bonds. The molecule has 1 N–H and O–H groups in total. The second-order valence-electron chi connectivity index (χ2n) is 9.48. The fourth-order valence-corrected chi connectivity index (χ4v) is 6.34. The van der Waals surface area contributed by atoms with E-state index in [1.54, 1.807) is 18.3 Å². The van der Waals surface area contributed by atoms with Gasteiger partial charge < -0.3 is 15.0 Å². The van der Waals surface area contributed by atoms with Crippen LogP contribution < -0.4 is 10.2 Å². The van der Waals surface area contributed by atoms with Gasteiger partial charge in [-0.2, -0.15) is 4.31 Å². The molecule has 0 aliphatic carbocycles. The molecule has 180 valence electrons. The number of hydrogen-bond donors (Lipinski definition) is 1. The van der Waals surface area contributed by atoms with Crippen molar-refractivity contribution in [2.45, 2.75) is 50.3 Å². The molecule has 0 saturated carbocycles. The van der Waals surface area contributed by atoms with E-state index >= 15 is 0 Å². The lowest BCUT2D eigenvalue weighted by molar-refractivity contribution is 0.0730. The molecule has 2 fully saturated rings. The van der Waals surface area contributed by atoms with Crippen LogP contribution in [0.4, 0.5) is 11.4 Å². The molecule has 0 radical (unpaired) electrons. The van der Waals surface area contributed by atoms with Crippen molar-refractivity contribution in [3.8, 4) is 0 Å². The highest BCUT2D eigenvalue weighted by Gasteiger charge is 2.28. The van der Waals surface area contributed by atoms with Gasteiger partial charge in [-0.3, -0.25) is 4.79 Å². The Morgan fingerprint density at radius 2 is 1.79 bits per heavy atom. The first-order chi connectivity index (χ1) is 15.7. The first-order valence-corrected chi connectivity index (χ1v) is 13.7. The van der Waals surface area contributed by atoms with Crippen LogP contribution in [0.25, 0.3) is 0 Å². The molecule has 0 bridgehead atoms. The molecule has 0 atom stereocenters. The van der Waals surface area contributed by atoms with E-state index in [2.05, 4.69) is 36.0 Å². The summed E-state index contributed by atoms with van der Waals surface area (Å²) in [6, 6.07) is 5.06. The van der Waals surface area contributed by atoms with Crippen LogP contribution in [0, 0.1) is 0 Å². The molecule has 2 aliphatic rings. The summed E-state index contributed by atoms with van der Waals surface area (Å²) >= 11 is 1.36. The van der Waals surface area contributed by atoms with Gasteiger partial charge in [0, 0.05) is 31.6 Å². The van der Waals surface area contributed by atoms with Crippen molar-refractivity contribution in [3.63, 3.8) is 0 Å². The van der Waals surface area contributed by atoms with Gasteiger partial charge in [0.1, 0.15) is 4.88 Å². The molecule has 2 saturated heterocycles. The number of anilines is 2. The monoisotopic (exact) mass is 492 g/mol. The van der Waals surface area contributed by atoms with Gasteiger partial charge in [-0.15, -0.1) is 11.3 Å². The van der Waals surface area contributed by atoms with Gasteiger partial charge in [0.25, 0.3) is 5.91 Å². The Kier molecular flexibility index (Phi) is 7.09. The maximum absolute atomic E-state index is 13.2. The summed E-state index contributed by atoms with van der Waals surface area (Å²) in [5, 5.41) is 3.87. The summed E-state index contributed by atoms with van der Waals surface area (Å²) in [6.45, 7) is 9.36. The highest BCUT2D eigenvalue weighted by atomic mass is 32.2. The summed E-state index contributed by atoms with van der Waals surface area (Å²) in [5.74, 6) is -0.276. The number of ether oxygens (including phenoxy) is 1. The normalized spacial score (nSPS) is 18.3. The first kappa shape index (κ1) is 24.1. The number of benzene rings is 1. The minimum Gasteiger partial charge on any atom is -0.379 e. The molecule has 0 unspecified atom stereocenters. The van der Waals surface area contributed by atoms with Gasteiger partial charge in [0.15, 0.2) is 0 Å². The summed E-state index contributed by atoms with van der Waals surface area (Å²) in [7, 11) is -3.67. The second kappa shape index (κ2) is 9.69. The molecule has 10 heteroatoms. The molecule has 2 aromatic rings. The third-order valence-electron chi connectivity index (χ3n) is 5.89. The first-order valence-electron chi connectivity index (χ1n) is 11.4. The third kappa shape index (κ3) is 5.40. The van der Waals surface area contributed by atoms with E-state index < -0.39 is 10.0 Å². The Hall–Kier alpha value is -2.01. The number of carbonyl (C=O) groups is 1. The van der Waals surface area contributed by atoms with E-state index in [1.807, 2.05) is 6.07 Å². The number of amides is 1. The Labute approximate surface area is 200 Å². The molecule has 1 aromatic heterocycles. The number of nitrogens with zero attached hydrogens (tertiary/aromatic N) is 3. The van der Waals surface area contributed by atoms with Crippen LogP contribution in [-0.4, -0.2) is 63.0 Å². The number of thiazole rings is 1. The largest absolute Gasteiger partial charge is 0.379 e. The fourth-order valence-electron chi connectivity index (χ4n) is 4.03. The highest BCUT2D eigenvalue weighted by Crippen LogP contribution is 2.33. The molecule has 8 nitrogen and oxygen atoms in total. The van der Waals surface area contributed by atoms with Gasteiger partial charge in [-0.1, -0.05) is 20.8 Å². The molecule has 33 heavy (non-hydrogen) atoms. The van der Waals surface area contributed by atoms with Gasteiger partial charge in [0.2, 0.25) is 10.0 Å². The number of carbonyl (C=O) groups excluding carboxylic acids is 1. The van der Waals surface area contributed by atoms with Crippen molar-refractivity contribution in [1.29, 1.82) is 0 Å². The number of hydrogen-bond acceptors (Lipinski definition) is 7. The van der Waals surface area contributed by atoms with Gasteiger partial charge in [-0.25, -0.2) is 13.4 Å². The Balaban J connectivity index is 1.66. The summed E-state index contributed by atoms with van der Waals surface area (Å²) in [5.41, 5.74) is 1.22. The van der Waals surface area contributed by atoms with Crippen LogP contribution in [0.3, 0.4) is 0 Å². The minimum absolute atomic E-state index is 0.145. The van der Waals surface area contributed by atoms with E-state index in [0.29, 0.717) is 36.9 Å². The SMILES string of the molecule is CC(C)(C)c1ncc(C(=O)Nc2cc(S(=O)(=O)N3CCOCC3)ccc2N2CCCCC2)s1. The van der Waals surface area contributed by atoms with Crippen molar-refractivity contribution >= 4 is 38.6 Å². The smallest absolute Gasteiger partial charge is 0.267 e. The molecule has 4 rings (SSSR count). The summed E-state index contributed by atoms with van der Waals surface area (Å²) in [6.07, 6.45) is 4.92. The van der Waals surface area contributed by atoms with Crippen LogP contribution in [0.2, 0.25) is 0 Å². The molecule has 1 aromatic carbocycles. The lowest BCUT2D eigenvalue weighted by atomic mass is 9.98. The molecule has 2 aliphatic heterocycles. The second-order valence-corrected chi connectivity index (χ2v) is 12.4. The Morgan fingerprint density at radius 1 is 1.09 bits per heavy atom. The zero-order chi connectivity index (χ0) is 23.6. The lowest BCUT2D eigenvalue weighted by Crippen LogP contribution is -2.40. The number of nitrogens with one attached hydrogen (secondary N) is 1. The van der Waals surface area contributed by atoms with E-state index in [1.165, 1.54) is 22.1 Å². The molecular weight excluding hydrogens is 460 g/mol. The average molecular weight is 493 g/mol. The van der Waals surface area contributed by atoms with Gasteiger partial charge in [0.05, 0.1) is 40.7 Å². The van der Waals surface area contributed by atoms with Crippen LogP contribution in [0.5, 0.6) is 0 Å². The van der Waals surface area contributed by atoms with Gasteiger partial charge >= 0.3 is 0 Å². The lowest BCUT2D eigenvalue weighted by Gasteiger charge is -2.31. The molecule has 0 spiro atoms. The number of morpholine rings is 1. The number of aromatic nitrogens is 1. The maximum atomic E-state index is 13.2. The highest BCUT2D eigenvalue weighted by molar-refractivity contribution is 7.89. The minimum atomic E-state index is -3.67.